The number of hydrogen-bond donors (Lipinski definition) is 0. The van der Waals surface area contributed by atoms with E-state index >= 15 is 0 Å². The smallest absolute Gasteiger partial charge is 0.119 e. The lowest BCUT2D eigenvalue weighted by molar-refractivity contribution is 0.329. The lowest BCUT2D eigenvalue weighted by Crippen LogP contribution is -2.17. The van der Waals surface area contributed by atoms with E-state index in [1.54, 1.807) is 0 Å². The maximum atomic E-state index is 5.87. The molecular weight excluding hydrogens is 318 g/mol. The summed E-state index contributed by atoms with van der Waals surface area (Å²) >= 11 is 0. The van der Waals surface area contributed by atoms with Gasteiger partial charge in [0.05, 0.1) is 12.3 Å². The molecule has 0 N–H and O–H groups in total. The second kappa shape index (κ2) is 7.57. The van der Waals surface area contributed by atoms with Gasteiger partial charge >= 0.3 is 0 Å². The van der Waals surface area contributed by atoms with Gasteiger partial charge < -0.3 is 4.74 Å². The molecule has 0 amide bonds. The van der Waals surface area contributed by atoms with E-state index in [4.69, 9.17) is 9.73 Å². The average Bonchev–Trinajstić information content (AvgIpc) is 2.71. The van der Waals surface area contributed by atoms with Crippen molar-refractivity contribution < 1.29 is 4.74 Å². The van der Waals surface area contributed by atoms with Crippen LogP contribution in [0.5, 0.6) is 5.75 Å². The zero-order chi connectivity index (χ0) is 17.8. The van der Waals surface area contributed by atoms with E-state index in [1.165, 1.54) is 27.8 Å². The van der Waals surface area contributed by atoms with Crippen molar-refractivity contribution in [1.29, 1.82) is 0 Å². The van der Waals surface area contributed by atoms with E-state index in [2.05, 4.69) is 67.6 Å². The number of aryl methyl sites for hydroxylation is 1. The van der Waals surface area contributed by atoms with Crippen molar-refractivity contribution in [3.63, 3.8) is 0 Å². The third-order valence-electron chi connectivity index (χ3n) is 4.89. The number of aliphatic imine (C=N–C) groups is 1. The van der Waals surface area contributed by atoms with Crippen molar-refractivity contribution in [2.45, 2.75) is 19.8 Å². The minimum Gasteiger partial charge on any atom is -0.492 e. The first-order chi connectivity index (χ1) is 12.8. The van der Waals surface area contributed by atoms with Gasteiger partial charge in [0.15, 0.2) is 0 Å². The molecule has 0 heterocycles. The molecule has 3 aromatic carbocycles. The molecule has 26 heavy (non-hydrogen) atoms. The Labute approximate surface area is 155 Å². The third-order valence-corrected chi connectivity index (χ3v) is 4.89. The van der Waals surface area contributed by atoms with Crippen LogP contribution in [0.15, 0.2) is 77.8 Å². The van der Waals surface area contributed by atoms with Crippen LogP contribution in [-0.2, 0) is 12.8 Å². The molecule has 0 aromatic heterocycles. The minimum atomic E-state index is 0.583. The third kappa shape index (κ3) is 3.41. The Morgan fingerprint density at radius 2 is 1.42 bits per heavy atom. The summed E-state index contributed by atoms with van der Waals surface area (Å²) in [5.41, 5.74) is 7.61. The molecule has 0 saturated carbocycles. The lowest BCUT2D eigenvalue weighted by Gasteiger charge is -2.21. The predicted octanol–water partition coefficient (Wildman–Crippen LogP) is 5.07. The Balaban J connectivity index is 1.51. The number of ether oxygens (including phenoxy) is 1. The Hall–Kier alpha value is -2.87. The quantitative estimate of drug-likeness (QED) is 0.464. The Morgan fingerprint density at radius 1 is 0.808 bits per heavy atom. The fourth-order valence-corrected chi connectivity index (χ4v) is 3.47. The average molecular weight is 341 g/mol. The molecule has 2 heteroatoms. The van der Waals surface area contributed by atoms with Gasteiger partial charge in [0.2, 0.25) is 0 Å². The molecule has 2 nitrogen and oxygen atoms in total. The van der Waals surface area contributed by atoms with E-state index in [9.17, 15) is 0 Å². The van der Waals surface area contributed by atoms with E-state index in [-0.39, 0.29) is 0 Å². The highest BCUT2D eigenvalue weighted by Crippen LogP contribution is 2.27. The summed E-state index contributed by atoms with van der Waals surface area (Å²) in [5, 5.41) is 0. The van der Waals surface area contributed by atoms with Crippen molar-refractivity contribution in [2.75, 3.05) is 13.2 Å². The second-order valence-electron chi connectivity index (χ2n) is 6.57. The van der Waals surface area contributed by atoms with Gasteiger partial charge in [-0.25, -0.2) is 0 Å². The lowest BCUT2D eigenvalue weighted by atomic mass is 9.84. The zero-order valence-corrected chi connectivity index (χ0v) is 15.1. The van der Waals surface area contributed by atoms with Crippen LogP contribution in [0.4, 0.5) is 0 Å². The molecule has 3 aromatic rings. The minimum absolute atomic E-state index is 0.583. The van der Waals surface area contributed by atoms with E-state index in [1.807, 2.05) is 12.1 Å². The molecule has 4 rings (SSSR count). The molecular formula is C24H23NO. The summed E-state index contributed by atoms with van der Waals surface area (Å²) in [6.07, 6.45) is 2.03. The normalized spacial score (nSPS) is 12.3. The summed E-state index contributed by atoms with van der Waals surface area (Å²) in [6.45, 7) is 3.39. The van der Waals surface area contributed by atoms with Gasteiger partial charge in [0, 0.05) is 11.1 Å². The number of hydrogen-bond acceptors (Lipinski definition) is 2. The number of fused-ring (bicyclic) bond motifs is 2. The molecule has 0 spiro atoms. The molecule has 0 fully saturated rings. The van der Waals surface area contributed by atoms with Crippen LogP contribution in [0, 0.1) is 0 Å². The fourth-order valence-electron chi connectivity index (χ4n) is 3.47. The Bertz CT molecular complexity index is 877. The molecule has 0 bridgehead atoms. The van der Waals surface area contributed by atoms with Gasteiger partial charge in [0.1, 0.15) is 12.4 Å². The van der Waals surface area contributed by atoms with Gasteiger partial charge in [0.25, 0.3) is 0 Å². The molecule has 1 aliphatic rings. The topological polar surface area (TPSA) is 21.6 Å². The molecule has 0 atom stereocenters. The van der Waals surface area contributed by atoms with Crippen LogP contribution in [0.3, 0.4) is 0 Å². The Kier molecular flexibility index (Phi) is 4.83. The molecule has 0 saturated heterocycles. The van der Waals surface area contributed by atoms with Gasteiger partial charge in [-0.3, -0.25) is 4.99 Å². The van der Waals surface area contributed by atoms with Crippen LogP contribution < -0.4 is 4.74 Å². The maximum Gasteiger partial charge on any atom is 0.119 e. The first-order valence-electron chi connectivity index (χ1n) is 9.28. The molecule has 0 unspecified atom stereocenters. The zero-order valence-electron chi connectivity index (χ0n) is 15.1. The summed E-state index contributed by atoms with van der Waals surface area (Å²) in [4.78, 5) is 4.91. The fraction of sp³-hybridized carbons (Fsp3) is 0.208. The predicted molar refractivity (Wildman–Crippen MR) is 108 cm³/mol. The van der Waals surface area contributed by atoms with Gasteiger partial charge in [-0.2, -0.15) is 0 Å². The standard InChI is InChI=1S/C24H23NO/c1-2-18-11-13-21(14-12-18)26-16-15-25-24-22-9-5-3-7-19(22)17-20-8-4-6-10-23(20)24/h3-14H,2,15-17H2,1H3. The first-order valence-corrected chi connectivity index (χ1v) is 9.28. The molecule has 1 aliphatic carbocycles. The van der Waals surface area contributed by atoms with Crippen LogP contribution in [-0.4, -0.2) is 18.9 Å². The van der Waals surface area contributed by atoms with Gasteiger partial charge in [-0.1, -0.05) is 67.6 Å². The molecule has 0 aliphatic heterocycles. The van der Waals surface area contributed by atoms with Crippen molar-refractivity contribution in [2.24, 2.45) is 4.99 Å². The Morgan fingerprint density at radius 3 is 2.04 bits per heavy atom. The van der Waals surface area contributed by atoms with Crippen molar-refractivity contribution >= 4 is 5.71 Å². The van der Waals surface area contributed by atoms with Crippen molar-refractivity contribution in [1.82, 2.24) is 0 Å². The SMILES string of the molecule is CCc1ccc(OCCN=C2c3ccccc3Cc3ccccc32)cc1. The number of rotatable bonds is 5. The first kappa shape index (κ1) is 16.6. The van der Waals surface area contributed by atoms with Gasteiger partial charge in [-0.15, -0.1) is 0 Å². The highest BCUT2D eigenvalue weighted by molar-refractivity contribution is 6.15. The van der Waals surface area contributed by atoms with E-state index in [0.717, 1.165) is 24.3 Å². The van der Waals surface area contributed by atoms with Crippen molar-refractivity contribution in [3.8, 4) is 5.75 Å². The van der Waals surface area contributed by atoms with Gasteiger partial charge in [-0.05, 0) is 41.7 Å². The van der Waals surface area contributed by atoms with Crippen LogP contribution in [0.25, 0.3) is 0 Å². The highest BCUT2D eigenvalue weighted by atomic mass is 16.5. The second-order valence-corrected chi connectivity index (χ2v) is 6.57. The highest BCUT2D eigenvalue weighted by Gasteiger charge is 2.20. The van der Waals surface area contributed by atoms with E-state index < -0.39 is 0 Å². The summed E-state index contributed by atoms with van der Waals surface area (Å²) < 4.78 is 5.87. The van der Waals surface area contributed by atoms with E-state index in [0.29, 0.717) is 13.2 Å². The molecule has 0 radical (unpaired) electrons. The molecule has 130 valence electrons. The van der Waals surface area contributed by atoms with Crippen LogP contribution >= 0.6 is 0 Å². The summed E-state index contributed by atoms with van der Waals surface area (Å²) in [5.74, 6) is 0.909. The summed E-state index contributed by atoms with van der Waals surface area (Å²) in [7, 11) is 0. The number of nitrogens with zero attached hydrogens (tertiary/aromatic N) is 1. The summed E-state index contributed by atoms with van der Waals surface area (Å²) in [6, 6.07) is 25.5. The van der Waals surface area contributed by atoms with Crippen LogP contribution in [0.1, 0.15) is 34.7 Å². The van der Waals surface area contributed by atoms with Crippen molar-refractivity contribution in [3.05, 3.63) is 101 Å². The van der Waals surface area contributed by atoms with Crippen LogP contribution in [0.2, 0.25) is 0 Å². The monoisotopic (exact) mass is 341 g/mol. The number of benzene rings is 3. The largest absolute Gasteiger partial charge is 0.492 e. The maximum absolute atomic E-state index is 5.87.